The molecule has 0 radical (unpaired) electrons. The number of ether oxygens (including phenoxy) is 1. The number of rotatable bonds is 5. The predicted molar refractivity (Wildman–Crippen MR) is 139 cm³/mol. The highest BCUT2D eigenvalue weighted by Crippen LogP contribution is 2.38. The van der Waals surface area contributed by atoms with Gasteiger partial charge in [-0.05, 0) is 30.5 Å². The molecule has 0 spiro atoms. The number of carbonyl (C=O) groups is 2. The van der Waals surface area contributed by atoms with Crippen LogP contribution in [0.1, 0.15) is 34.1 Å². The van der Waals surface area contributed by atoms with Crippen LogP contribution in [0.5, 0.6) is 0 Å². The van der Waals surface area contributed by atoms with E-state index in [4.69, 9.17) is 10.5 Å². The molecule has 13 heteroatoms. The van der Waals surface area contributed by atoms with Gasteiger partial charge in [-0.3, -0.25) is 9.78 Å². The highest BCUT2D eigenvalue weighted by Gasteiger charge is 2.37. The molecule has 5 rings (SSSR count). The van der Waals surface area contributed by atoms with E-state index in [2.05, 4.69) is 20.4 Å². The maximum absolute atomic E-state index is 13.7. The van der Waals surface area contributed by atoms with Gasteiger partial charge in [-0.2, -0.15) is 18.3 Å². The van der Waals surface area contributed by atoms with Crippen LogP contribution in [0.15, 0.2) is 55.0 Å². The molecule has 0 bridgehead atoms. The van der Waals surface area contributed by atoms with Crippen LogP contribution >= 0.6 is 0 Å². The van der Waals surface area contributed by atoms with Gasteiger partial charge in [-0.15, -0.1) is 0 Å². The highest BCUT2D eigenvalue weighted by atomic mass is 19.4. The Hall–Kier alpha value is -4.68. The first kappa shape index (κ1) is 26.9. The van der Waals surface area contributed by atoms with E-state index in [9.17, 15) is 22.8 Å². The number of anilines is 1. The summed E-state index contributed by atoms with van der Waals surface area (Å²) in [5, 5.41) is 6.89. The standard InChI is InChI=1S/C27H26F3N7O3/c1-15-11-36(26(39)40-13-17-6-4-3-5-7-17)12-21(15)35-25(38)19-8-18(10-32-16(19)2)22-9-20(27(28,29)30)23-24(31)33-14-34-37(22)23/h3-10,14-15,21H,11-13H2,1-2H3,(H,35,38)(H2,31,33,34)/t15-,21+/m0/s1. The van der Waals surface area contributed by atoms with Gasteiger partial charge in [0.05, 0.1) is 28.6 Å². The number of aryl methyl sites for hydroxylation is 1. The molecule has 208 valence electrons. The van der Waals surface area contributed by atoms with Crippen molar-refractivity contribution in [1.29, 1.82) is 0 Å². The molecular weight excluding hydrogens is 527 g/mol. The molecular formula is C27H26F3N7O3. The lowest BCUT2D eigenvalue weighted by atomic mass is 10.0. The fourth-order valence-corrected chi connectivity index (χ4v) is 4.75. The number of nitrogen functional groups attached to an aromatic ring is 1. The molecule has 1 aliphatic rings. The van der Waals surface area contributed by atoms with Crippen molar-refractivity contribution in [3.05, 3.63) is 77.4 Å². The third-order valence-corrected chi connectivity index (χ3v) is 6.91. The predicted octanol–water partition coefficient (Wildman–Crippen LogP) is 4.09. The van der Waals surface area contributed by atoms with Gasteiger partial charge in [0.15, 0.2) is 5.82 Å². The van der Waals surface area contributed by atoms with Gasteiger partial charge < -0.3 is 20.7 Å². The fourth-order valence-electron chi connectivity index (χ4n) is 4.75. The second-order valence-corrected chi connectivity index (χ2v) is 9.71. The molecule has 2 atom stereocenters. The van der Waals surface area contributed by atoms with E-state index in [1.165, 1.54) is 17.2 Å². The number of nitrogens with two attached hydrogens (primary N) is 1. The summed E-state index contributed by atoms with van der Waals surface area (Å²) in [6, 6.07) is 11.3. The third kappa shape index (κ3) is 5.26. The number of alkyl halides is 3. The number of benzene rings is 1. The summed E-state index contributed by atoms with van der Waals surface area (Å²) in [7, 11) is 0. The van der Waals surface area contributed by atoms with Gasteiger partial charge in [-0.1, -0.05) is 37.3 Å². The Morgan fingerprint density at radius 1 is 1.15 bits per heavy atom. The Morgan fingerprint density at radius 2 is 1.90 bits per heavy atom. The molecule has 0 saturated carbocycles. The molecule has 0 aliphatic carbocycles. The quantitative estimate of drug-likeness (QED) is 0.381. The maximum Gasteiger partial charge on any atom is 0.418 e. The number of fused-ring (bicyclic) bond motifs is 1. The lowest BCUT2D eigenvalue weighted by Gasteiger charge is -2.18. The van der Waals surface area contributed by atoms with Crippen molar-refractivity contribution in [2.45, 2.75) is 32.7 Å². The zero-order valence-electron chi connectivity index (χ0n) is 21.6. The number of aromatic nitrogens is 4. The topological polar surface area (TPSA) is 128 Å². The Bertz CT molecular complexity index is 1570. The Morgan fingerprint density at radius 3 is 2.62 bits per heavy atom. The monoisotopic (exact) mass is 553 g/mol. The number of halogens is 3. The molecule has 1 saturated heterocycles. The average molecular weight is 554 g/mol. The van der Waals surface area contributed by atoms with E-state index in [1.807, 2.05) is 37.3 Å². The number of amides is 2. The minimum absolute atomic E-state index is 0.0551. The number of nitrogens with zero attached hydrogens (tertiary/aromatic N) is 5. The van der Waals surface area contributed by atoms with Gasteiger partial charge in [0.2, 0.25) is 0 Å². The SMILES string of the molecule is Cc1ncc(-c2cc(C(F)(F)F)c3c(N)ncnn23)cc1C(=O)N[C@@H]1CN(C(=O)OCc2ccccc2)C[C@@H]1C. The van der Waals surface area contributed by atoms with Gasteiger partial charge in [0.25, 0.3) is 5.91 Å². The molecule has 3 aromatic heterocycles. The van der Waals surface area contributed by atoms with E-state index in [0.717, 1.165) is 22.5 Å². The van der Waals surface area contributed by atoms with Gasteiger partial charge in [-0.25, -0.2) is 14.3 Å². The summed E-state index contributed by atoms with van der Waals surface area (Å²) >= 11 is 0. The summed E-state index contributed by atoms with van der Waals surface area (Å²) in [4.78, 5) is 35.4. The van der Waals surface area contributed by atoms with Crippen molar-refractivity contribution >= 4 is 23.3 Å². The number of nitrogens with one attached hydrogen (secondary N) is 1. The molecule has 0 unspecified atom stereocenters. The maximum atomic E-state index is 13.7. The zero-order valence-corrected chi connectivity index (χ0v) is 21.6. The minimum Gasteiger partial charge on any atom is -0.445 e. The molecule has 3 N–H and O–H groups in total. The number of hydrogen-bond donors (Lipinski definition) is 2. The van der Waals surface area contributed by atoms with E-state index < -0.39 is 23.7 Å². The first-order valence-electron chi connectivity index (χ1n) is 12.5. The van der Waals surface area contributed by atoms with E-state index in [-0.39, 0.29) is 53.3 Å². The molecule has 4 aromatic rings. The van der Waals surface area contributed by atoms with E-state index in [0.29, 0.717) is 12.2 Å². The molecule has 1 fully saturated rings. The largest absolute Gasteiger partial charge is 0.445 e. The Kier molecular flexibility index (Phi) is 7.04. The lowest BCUT2D eigenvalue weighted by molar-refractivity contribution is -0.136. The summed E-state index contributed by atoms with van der Waals surface area (Å²) in [5.41, 5.74) is 6.10. The molecule has 2 amide bonds. The van der Waals surface area contributed by atoms with Crippen LogP contribution in [0.4, 0.5) is 23.8 Å². The highest BCUT2D eigenvalue weighted by molar-refractivity contribution is 5.96. The summed E-state index contributed by atoms with van der Waals surface area (Å²) in [5.74, 6) is -0.851. The van der Waals surface area contributed by atoms with Crippen LogP contribution < -0.4 is 11.1 Å². The minimum atomic E-state index is -4.70. The first-order valence-corrected chi connectivity index (χ1v) is 12.5. The first-order chi connectivity index (χ1) is 19.0. The van der Waals surface area contributed by atoms with Crippen LogP contribution in [-0.4, -0.2) is 55.6 Å². The second-order valence-electron chi connectivity index (χ2n) is 9.71. The lowest BCUT2D eigenvalue weighted by Crippen LogP contribution is -2.40. The molecule has 10 nitrogen and oxygen atoms in total. The Labute approximate surface area is 227 Å². The molecule has 40 heavy (non-hydrogen) atoms. The van der Waals surface area contributed by atoms with Crippen LogP contribution in [0.2, 0.25) is 0 Å². The van der Waals surface area contributed by atoms with Gasteiger partial charge >= 0.3 is 12.3 Å². The van der Waals surface area contributed by atoms with E-state index in [1.54, 1.807) is 6.92 Å². The van der Waals surface area contributed by atoms with E-state index >= 15 is 0 Å². The molecule has 4 heterocycles. The van der Waals surface area contributed by atoms with Crippen molar-refractivity contribution in [3.8, 4) is 11.3 Å². The Balaban J connectivity index is 1.34. The zero-order chi connectivity index (χ0) is 28.6. The smallest absolute Gasteiger partial charge is 0.418 e. The number of carbonyl (C=O) groups excluding carboxylic acids is 2. The average Bonchev–Trinajstić information content (AvgIpc) is 3.50. The number of hydrogen-bond acceptors (Lipinski definition) is 7. The van der Waals surface area contributed by atoms with Crippen molar-refractivity contribution in [3.63, 3.8) is 0 Å². The van der Waals surface area contributed by atoms with Crippen LogP contribution in [0.3, 0.4) is 0 Å². The molecule has 1 aliphatic heterocycles. The summed E-state index contributed by atoms with van der Waals surface area (Å²) < 4.78 is 47.7. The normalized spacial score (nSPS) is 17.3. The number of pyridine rings is 1. The van der Waals surface area contributed by atoms with Crippen LogP contribution in [0, 0.1) is 12.8 Å². The van der Waals surface area contributed by atoms with Gasteiger partial charge in [0, 0.05) is 24.8 Å². The summed E-state index contributed by atoms with van der Waals surface area (Å²) in [6.07, 6.45) is -2.75. The third-order valence-electron chi connectivity index (χ3n) is 6.91. The van der Waals surface area contributed by atoms with Crippen molar-refractivity contribution < 1.29 is 27.5 Å². The molecule has 1 aromatic carbocycles. The van der Waals surface area contributed by atoms with Gasteiger partial charge in [0.1, 0.15) is 18.5 Å². The van der Waals surface area contributed by atoms with Crippen molar-refractivity contribution in [2.24, 2.45) is 5.92 Å². The number of likely N-dealkylation sites (tertiary alicyclic amines) is 1. The van der Waals surface area contributed by atoms with Crippen LogP contribution in [0.25, 0.3) is 16.8 Å². The van der Waals surface area contributed by atoms with Crippen molar-refractivity contribution in [2.75, 3.05) is 18.8 Å². The summed E-state index contributed by atoms with van der Waals surface area (Å²) in [6.45, 7) is 4.32. The fraction of sp³-hybridized carbons (Fsp3) is 0.296. The van der Waals surface area contributed by atoms with Crippen LogP contribution in [-0.2, 0) is 17.5 Å². The second kappa shape index (κ2) is 10.5. The van der Waals surface area contributed by atoms with Crippen molar-refractivity contribution in [1.82, 2.24) is 29.8 Å².